The van der Waals surface area contributed by atoms with Gasteiger partial charge in [-0.25, -0.2) is 0 Å². The number of carbonyl (C=O) groups excluding carboxylic acids is 1. The van der Waals surface area contributed by atoms with Gasteiger partial charge >= 0.3 is 0 Å². The molecule has 0 atom stereocenters. The summed E-state index contributed by atoms with van der Waals surface area (Å²) in [6.45, 7) is 2.23. The van der Waals surface area contributed by atoms with Crippen LogP contribution in [-0.4, -0.2) is 32.2 Å². The zero-order valence-electron chi connectivity index (χ0n) is 7.83. The minimum absolute atomic E-state index is 0.0989. The quantitative estimate of drug-likeness (QED) is 0.615. The molecule has 1 aliphatic carbocycles. The third-order valence-corrected chi connectivity index (χ3v) is 2.92. The van der Waals surface area contributed by atoms with Gasteiger partial charge in [0.25, 0.3) is 0 Å². The molecular weight excluding hydrogens is 168 g/mol. The minimum atomic E-state index is -0.0989. The summed E-state index contributed by atoms with van der Waals surface area (Å²) in [6, 6.07) is 0. The van der Waals surface area contributed by atoms with Gasteiger partial charge in [0, 0.05) is 18.6 Å². The molecule has 0 bridgehead atoms. The zero-order chi connectivity index (χ0) is 9.15. The van der Waals surface area contributed by atoms with E-state index < -0.39 is 0 Å². The van der Waals surface area contributed by atoms with Crippen LogP contribution in [0.15, 0.2) is 0 Å². The van der Waals surface area contributed by atoms with E-state index in [1.54, 1.807) is 0 Å². The van der Waals surface area contributed by atoms with Gasteiger partial charge < -0.3 is 14.3 Å². The maximum absolute atomic E-state index is 10.7. The van der Waals surface area contributed by atoms with Crippen LogP contribution in [0.4, 0.5) is 0 Å². The van der Waals surface area contributed by atoms with Crippen molar-refractivity contribution in [2.75, 3.05) is 19.8 Å². The molecule has 0 N–H and O–H groups in total. The molecular formula is C10H16O3. The minimum Gasteiger partial charge on any atom is -0.381 e. The molecule has 0 unspecified atom stereocenters. The standard InChI is InChI=1S/C10H16O3/c11-7-10(3-4-10)8-13-9-1-5-12-6-2-9/h7,9H,1-6,8H2. The maximum atomic E-state index is 10.7. The van der Waals surface area contributed by atoms with Gasteiger partial charge in [0.05, 0.1) is 12.7 Å². The van der Waals surface area contributed by atoms with Crippen LogP contribution >= 0.6 is 0 Å². The van der Waals surface area contributed by atoms with Gasteiger partial charge in [0.1, 0.15) is 6.29 Å². The Kier molecular flexibility index (Phi) is 2.65. The normalized spacial score (nSPS) is 27.1. The molecule has 0 aromatic carbocycles. The van der Waals surface area contributed by atoms with Gasteiger partial charge in [-0.15, -0.1) is 0 Å². The van der Waals surface area contributed by atoms with Crippen molar-refractivity contribution in [2.24, 2.45) is 5.41 Å². The van der Waals surface area contributed by atoms with Crippen molar-refractivity contribution in [1.29, 1.82) is 0 Å². The van der Waals surface area contributed by atoms with Crippen LogP contribution in [0.3, 0.4) is 0 Å². The second kappa shape index (κ2) is 3.76. The fraction of sp³-hybridized carbons (Fsp3) is 0.900. The van der Waals surface area contributed by atoms with E-state index in [1.807, 2.05) is 0 Å². The molecule has 0 radical (unpaired) electrons. The van der Waals surface area contributed by atoms with Crippen molar-refractivity contribution >= 4 is 6.29 Å². The molecule has 1 saturated heterocycles. The molecule has 1 heterocycles. The van der Waals surface area contributed by atoms with E-state index in [-0.39, 0.29) is 5.41 Å². The largest absolute Gasteiger partial charge is 0.381 e. The predicted molar refractivity (Wildman–Crippen MR) is 47.5 cm³/mol. The van der Waals surface area contributed by atoms with E-state index in [4.69, 9.17) is 9.47 Å². The summed E-state index contributed by atoms with van der Waals surface area (Å²) < 4.78 is 10.9. The molecule has 1 aliphatic heterocycles. The highest BCUT2D eigenvalue weighted by atomic mass is 16.5. The van der Waals surface area contributed by atoms with Crippen LogP contribution < -0.4 is 0 Å². The Hall–Kier alpha value is -0.410. The van der Waals surface area contributed by atoms with E-state index in [2.05, 4.69) is 0 Å². The first-order valence-electron chi connectivity index (χ1n) is 5.00. The molecule has 2 fully saturated rings. The van der Waals surface area contributed by atoms with Crippen molar-refractivity contribution < 1.29 is 14.3 Å². The Labute approximate surface area is 78.4 Å². The van der Waals surface area contributed by atoms with Gasteiger partial charge in [-0.1, -0.05) is 0 Å². The molecule has 13 heavy (non-hydrogen) atoms. The highest BCUT2D eigenvalue weighted by molar-refractivity contribution is 5.63. The first-order chi connectivity index (χ1) is 6.35. The summed E-state index contributed by atoms with van der Waals surface area (Å²) in [4.78, 5) is 10.7. The monoisotopic (exact) mass is 184 g/mol. The summed E-state index contributed by atoms with van der Waals surface area (Å²) in [6.07, 6.45) is 5.38. The van der Waals surface area contributed by atoms with Crippen molar-refractivity contribution in [3.63, 3.8) is 0 Å². The third kappa shape index (κ3) is 2.29. The Morgan fingerprint density at radius 3 is 2.62 bits per heavy atom. The smallest absolute Gasteiger partial charge is 0.128 e. The van der Waals surface area contributed by atoms with Gasteiger partial charge in [0.15, 0.2) is 0 Å². The highest BCUT2D eigenvalue weighted by Crippen LogP contribution is 2.43. The molecule has 2 aliphatic rings. The fourth-order valence-corrected chi connectivity index (χ4v) is 1.58. The maximum Gasteiger partial charge on any atom is 0.128 e. The molecule has 0 aromatic rings. The summed E-state index contributed by atoms with van der Waals surface area (Å²) in [5, 5.41) is 0. The SMILES string of the molecule is O=CC1(COC2CCOCC2)CC1. The van der Waals surface area contributed by atoms with Gasteiger partial charge in [-0.2, -0.15) is 0 Å². The molecule has 74 valence electrons. The van der Waals surface area contributed by atoms with Crippen molar-refractivity contribution in [2.45, 2.75) is 31.8 Å². The summed E-state index contributed by atoms with van der Waals surface area (Å²) in [7, 11) is 0. The lowest BCUT2D eigenvalue weighted by Gasteiger charge is -2.23. The van der Waals surface area contributed by atoms with E-state index in [0.717, 1.165) is 45.2 Å². The zero-order valence-corrected chi connectivity index (χ0v) is 7.83. The number of ether oxygens (including phenoxy) is 2. The predicted octanol–water partition coefficient (Wildman–Crippen LogP) is 1.16. The summed E-state index contributed by atoms with van der Waals surface area (Å²) >= 11 is 0. The molecule has 0 amide bonds. The van der Waals surface area contributed by atoms with Gasteiger partial charge in [-0.3, -0.25) is 0 Å². The van der Waals surface area contributed by atoms with E-state index >= 15 is 0 Å². The number of aldehydes is 1. The Bertz CT molecular complexity index is 181. The average molecular weight is 184 g/mol. The van der Waals surface area contributed by atoms with Crippen molar-refractivity contribution in [3.05, 3.63) is 0 Å². The molecule has 2 rings (SSSR count). The molecule has 3 nitrogen and oxygen atoms in total. The van der Waals surface area contributed by atoms with Crippen LogP contribution in [0.25, 0.3) is 0 Å². The molecule has 0 spiro atoms. The van der Waals surface area contributed by atoms with E-state index in [9.17, 15) is 4.79 Å². The topological polar surface area (TPSA) is 35.5 Å². The second-order valence-corrected chi connectivity index (χ2v) is 4.10. The van der Waals surface area contributed by atoms with E-state index in [1.165, 1.54) is 0 Å². The van der Waals surface area contributed by atoms with Crippen LogP contribution in [0, 0.1) is 5.41 Å². The Balaban J connectivity index is 1.69. The Morgan fingerprint density at radius 1 is 1.38 bits per heavy atom. The van der Waals surface area contributed by atoms with Crippen LogP contribution in [0.1, 0.15) is 25.7 Å². The summed E-state index contributed by atoms with van der Waals surface area (Å²) in [5.41, 5.74) is -0.0989. The fourth-order valence-electron chi connectivity index (χ4n) is 1.58. The number of carbonyl (C=O) groups is 1. The van der Waals surface area contributed by atoms with Crippen molar-refractivity contribution in [3.8, 4) is 0 Å². The second-order valence-electron chi connectivity index (χ2n) is 4.10. The first kappa shape index (κ1) is 9.16. The average Bonchev–Trinajstić information content (AvgIpc) is 2.97. The number of hydrogen-bond donors (Lipinski definition) is 0. The van der Waals surface area contributed by atoms with Crippen LogP contribution in [0.5, 0.6) is 0 Å². The lowest BCUT2D eigenvalue weighted by molar-refractivity contribution is -0.116. The lowest BCUT2D eigenvalue weighted by Crippen LogP contribution is -2.26. The summed E-state index contributed by atoms with van der Waals surface area (Å²) in [5.74, 6) is 0. The third-order valence-electron chi connectivity index (χ3n) is 2.92. The molecule has 0 aromatic heterocycles. The molecule has 3 heteroatoms. The first-order valence-corrected chi connectivity index (χ1v) is 5.00. The number of rotatable bonds is 4. The molecule has 1 saturated carbocycles. The van der Waals surface area contributed by atoms with Crippen LogP contribution in [-0.2, 0) is 14.3 Å². The van der Waals surface area contributed by atoms with E-state index in [0.29, 0.717) is 12.7 Å². The van der Waals surface area contributed by atoms with Gasteiger partial charge in [-0.05, 0) is 25.7 Å². The highest BCUT2D eigenvalue weighted by Gasteiger charge is 2.43. The van der Waals surface area contributed by atoms with Crippen LogP contribution in [0.2, 0.25) is 0 Å². The lowest BCUT2D eigenvalue weighted by atomic mass is 10.1. The van der Waals surface area contributed by atoms with Crippen molar-refractivity contribution in [1.82, 2.24) is 0 Å². The Morgan fingerprint density at radius 2 is 2.08 bits per heavy atom. The number of hydrogen-bond acceptors (Lipinski definition) is 3. The van der Waals surface area contributed by atoms with Gasteiger partial charge in [0.2, 0.25) is 0 Å².